The molecule has 0 amide bonds. The molecule has 0 aliphatic heterocycles. The minimum Gasteiger partial charge on any atom is -0.469 e. The normalized spacial score (nSPS) is 12.6. The first kappa shape index (κ1) is 11.7. The van der Waals surface area contributed by atoms with Gasteiger partial charge in [-0.05, 0) is 28.9 Å². The molecule has 1 unspecified atom stereocenters. The molecule has 0 bridgehead atoms. The van der Waals surface area contributed by atoms with E-state index >= 15 is 0 Å². The number of halogens is 1. The summed E-state index contributed by atoms with van der Waals surface area (Å²) < 4.78 is 5.43. The Morgan fingerprint density at radius 3 is 2.86 bits per heavy atom. The molecular weight excluding hydrogens is 268 g/mol. The van der Waals surface area contributed by atoms with Crippen LogP contribution >= 0.6 is 27.3 Å². The summed E-state index contributed by atoms with van der Waals surface area (Å²) in [5.74, 6) is -0.403. The summed E-state index contributed by atoms with van der Waals surface area (Å²) in [6, 6.07) is 1.83. The van der Waals surface area contributed by atoms with E-state index in [4.69, 9.17) is 0 Å². The molecule has 1 aromatic rings. The monoisotopic (exact) mass is 278 g/mol. The van der Waals surface area contributed by atoms with E-state index in [2.05, 4.69) is 20.7 Å². The zero-order valence-corrected chi connectivity index (χ0v) is 10.3. The lowest BCUT2D eigenvalue weighted by Gasteiger charge is -2.05. The molecule has 1 N–H and O–H groups in total. The first-order valence-electron chi connectivity index (χ1n) is 4.05. The van der Waals surface area contributed by atoms with Crippen LogP contribution in [0, 0.1) is 6.92 Å². The second kappa shape index (κ2) is 4.91. The van der Waals surface area contributed by atoms with Crippen LogP contribution in [0.2, 0.25) is 0 Å². The number of aryl methyl sites for hydroxylation is 1. The van der Waals surface area contributed by atoms with Gasteiger partial charge in [-0.2, -0.15) is 0 Å². The molecule has 0 saturated heterocycles. The van der Waals surface area contributed by atoms with Crippen LogP contribution in [0.4, 0.5) is 0 Å². The highest BCUT2D eigenvalue weighted by Gasteiger charge is 2.16. The van der Waals surface area contributed by atoms with Crippen molar-refractivity contribution in [3.63, 3.8) is 0 Å². The maximum Gasteiger partial charge on any atom is 0.308 e. The van der Waals surface area contributed by atoms with Crippen LogP contribution in [0.15, 0.2) is 10.5 Å². The summed E-state index contributed by atoms with van der Waals surface area (Å²) in [6.07, 6.45) is -0.763. The number of esters is 1. The van der Waals surface area contributed by atoms with Crippen molar-refractivity contribution in [2.75, 3.05) is 7.11 Å². The van der Waals surface area contributed by atoms with Gasteiger partial charge in [0.25, 0.3) is 0 Å². The fourth-order valence-corrected chi connectivity index (χ4v) is 2.53. The third-order valence-corrected chi connectivity index (χ3v) is 4.03. The Kier molecular flexibility index (Phi) is 4.10. The van der Waals surface area contributed by atoms with Crippen molar-refractivity contribution >= 4 is 33.2 Å². The van der Waals surface area contributed by atoms with Crippen molar-refractivity contribution in [3.05, 3.63) is 20.3 Å². The number of methoxy groups -OCH3 is 1. The molecule has 0 aromatic carbocycles. The molecular formula is C9H11BrO3S. The molecule has 1 atom stereocenters. The minimum atomic E-state index is -0.766. The van der Waals surface area contributed by atoms with Gasteiger partial charge in [0.1, 0.15) is 0 Å². The lowest BCUT2D eigenvalue weighted by atomic mass is 10.2. The number of ether oxygens (including phenoxy) is 1. The van der Waals surface area contributed by atoms with Gasteiger partial charge in [-0.15, -0.1) is 11.3 Å². The number of carbonyl (C=O) groups excluding carboxylic acids is 1. The SMILES string of the molecule is COC(=O)CC(O)c1cc(Br)c(C)s1. The quantitative estimate of drug-likeness (QED) is 0.864. The standard InChI is InChI=1S/C9H11BrO3S/c1-5-6(10)3-8(14-5)7(11)4-9(12)13-2/h3,7,11H,4H2,1-2H3. The van der Waals surface area contributed by atoms with E-state index in [1.165, 1.54) is 18.4 Å². The molecule has 78 valence electrons. The lowest BCUT2D eigenvalue weighted by Crippen LogP contribution is -2.06. The number of hydrogen-bond donors (Lipinski definition) is 1. The minimum absolute atomic E-state index is 0.00287. The molecule has 14 heavy (non-hydrogen) atoms. The highest BCUT2D eigenvalue weighted by Crippen LogP contribution is 2.31. The van der Waals surface area contributed by atoms with Crippen molar-refractivity contribution < 1.29 is 14.6 Å². The van der Waals surface area contributed by atoms with Crippen LogP contribution in [0.3, 0.4) is 0 Å². The fraction of sp³-hybridized carbons (Fsp3) is 0.444. The van der Waals surface area contributed by atoms with Gasteiger partial charge in [0.05, 0.1) is 19.6 Å². The number of rotatable bonds is 3. The summed E-state index contributed by atoms with van der Waals surface area (Å²) in [5.41, 5.74) is 0. The fourth-order valence-electron chi connectivity index (χ4n) is 0.988. The van der Waals surface area contributed by atoms with Gasteiger partial charge < -0.3 is 9.84 Å². The molecule has 0 spiro atoms. The summed E-state index contributed by atoms with van der Waals surface area (Å²) >= 11 is 4.82. The Morgan fingerprint density at radius 1 is 1.79 bits per heavy atom. The lowest BCUT2D eigenvalue weighted by molar-refractivity contribution is -0.142. The highest BCUT2D eigenvalue weighted by molar-refractivity contribution is 9.10. The second-order valence-electron chi connectivity index (χ2n) is 2.85. The third kappa shape index (κ3) is 2.80. The Balaban J connectivity index is 2.69. The molecule has 5 heteroatoms. The number of aliphatic hydroxyl groups is 1. The van der Waals surface area contributed by atoms with Crippen LogP contribution in [-0.2, 0) is 9.53 Å². The number of thiophene rings is 1. The number of aliphatic hydroxyl groups excluding tert-OH is 1. The third-order valence-electron chi connectivity index (χ3n) is 1.79. The maximum absolute atomic E-state index is 10.9. The summed E-state index contributed by atoms with van der Waals surface area (Å²) in [6.45, 7) is 1.95. The van der Waals surface area contributed by atoms with Gasteiger partial charge in [-0.3, -0.25) is 4.79 Å². The van der Waals surface area contributed by atoms with Crippen LogP contribution in [0.25, 0.3) is 0 Å². The van der Waals surface area contributed by atoms with Crippen LogP contribution in [-0.4, -0.2) is 18.2 Å². The van der Waals surface area contributed by atoms with Crippen LogP contribution in [0.1, 0.15) is 22.3 Å². The van der Waals surface area contributed by atoms with Gasteiger partial charge in [-0.1, -0.05) is 0 Å². The van der Waals surface area contributed by atoms with Gasteiger partial charge in [0.15, 0.2) is 0 Å². The van der Waals surface area contributed by atoms with Crippen molar-refractivity contribution in [1.29, 1.82) is 0 Å². The van der Waals surface area contributed by atoms with Crippen molar-refractivity contribution in [1.82, 2.24) is 0 Å². The first-order chi connectivity index (χ1) is 6.54. The van der Waals surface area contributed by atoms with Crippen LogP contribution < -0.4 is 0 Å². The zero-order valence-electron chi connectivity index (χ0n) is 7.91. The maximum atomic E-state index is 10.9. The van der Waals surface area contributed by atoms with E-state index in [0.717, 1.165) is 14.2 Å². The molecule has 1 heterocycles. The average molecular weight is 279 g/mol. The average Bonchev–Trinajstić information content (AvgIpc) is 2.47. The van der Waals surface area contributed by atoms with E-state index in [1.807, 2.05) is 13.0 Å². The molecule has 1 rings (SSSR count). The smallest absolute Gasteiger partial charge is 0.308 e. The van der Waals surface area contributed by atoms with Gasteiger partial charge in [0.2, 0.25) is 0 Å². The molecule has 0 saturated carbocycles. The van der Waals surface area contributed by atoms with Gasteiger partial charge in [-0.25, -0.2) is 0 Å². The van der Waals surface area contributed by atoms with E-state index in [-0.39, 0.29) is 6.42 Å². The van der Waals surface area contributed by atoms with E-state index in [0.29, 0.717) is 0 Å². The van der Waals surface area contributed by atoms with E-state index < -0.39 is 12.1 Å². The Hall–Kier alpha value is -0.390. The Morgan fingerprint density at radius 2 is 2.43 bits per heavy atom. The summed E-state index contributed by atoms with van der Waals surface area (Å²) in [7, 11) is 1.31. The second-order valence-corrected chi connectivity index (χ2v) is 4.99. The number of carbonyl (C=O) groups is 1. The van der Waals surface area contributed by atoms with Crippen molar-refractivity contribution in [2.24, 2.45) is 0 Å². The van der Waals surface area contributed by atoms with E-state index in [9.17, 15) is 9.90 Å². The first-order valence-corrected chi connectivity index (χ1v) is 5.66. The molecule has 0 fully saturated rings. The van der Waals surface area contributed by atoms with E-state index in [1.54, 1.807) is 0 Å². The molecule has 0 radical (unpaired) electrons. The summed E-state index contributed by atoms with van der Waals surface area (Å²) in [5, 5.41) is 9.65. The zero-order chi connectivity index (χ0) is 10.7. The largest absolute Gasteiger partial charge is 0.469 e. The number of hydrogen-bond acceptors (Lipinski definition) is 4. The van der Waals surface area contributed by atoms with Gasteiger partial charge >= 0.3 is 5.97 Å². The highest BCUT2D eigenvalue weighted by atomic mass is 79.9. The van der Waals surface area contributed by atoms with Crippen molar-refractivity contribution in [2.45, 2.75) is 19.4 Å². The predicted octanol–water partition coefficient (Wildman–Crippen LogP) is 2.42. The molecule has 0 aliphatic rings. The topological polar surface area (TPSA) is 46.5 Å². The summed E-state index contributed by atoms with van der Waals surface area (Å²) in [4.78, 5) is 12.8. The van der Waals surface area contributed by atoms with Crippen molar-refractivity contribution in [3.8, 4) is 0 Å². The molecule has 1 aromatic heterocycles. The Bertz CT molecular complexity index is 315. The van der Waals surface area contributed by atoms with Crippen LogP contribution in [0.5, 0.6) is 0 Å². The Labute approximate surface area is 94.8 Å². The predicted molar refractivity (Wildman–Crippen MR) is 58.3 cm³/mol. The van der Waals surface area contributed by atoms with Gasteiger partial charge in [0, 0.05) is 14.2 Å². The molecule has 3 nitrogen and oxygen atoms in total. The molecule has 0 aliphatic carbocycles.